The number of ether oxygens (including phenoxy) is 1. The van der Waals surface area contributed by atoms with E-state index in [9.17, 15) is 5.11 Å². The standard InChI is InChI=1S/C7H14O3/c1-3-5-4(2)10-7(9)6(5)8/h4-9H,3H2,1-2H3/t4-,5-,6+,7?/m0/s1. The second kappa shape index (κ2) is 2.86. The van der Waals surface area contributed by atoms with Gasteiger partial charge in [0, 0.05) is 5.92 Å². The van der Waals surface area contributed by atoms with Crippen molar-refractivity contribution in [1.82, 2.24) is 0 Å². The number of aliphatic hydroxyl groups excluding tert-OH is 2. The highest BCUT2D eigenvalue weighted by atomic mass is 16.6. The third-order valence-electron chi connectivity index (χ3n) is 2.16. The van der Waals surface area contributed by atoms with E-state index in [1.807, 2.05) is 13.8 Å². The van der Waals surface area contributed by atoms with E-state index in [4.69, 9.17) is 9.84 Å². The summed E-state index contributed by atoms with van der Waals surface area (Å²) in [4.78, 5) is 0. The van der Waals surface area contributed by atoms with Gasteiger partial charge in [0.25, 0.3) is 0 Å². The van der Waals surface area contributed by atoms with E-state index in [0.717, 1.165) is 6.42 Å². The summed E-state index contributed by atoms with van der Waals surface area (Å²) >= 11 is 0. The monoisotopic (exact) mass is 146 g/mol. The van der Waals surface area contributed by atoms with Gasteiger partial charge in [-0.05, 0) is 13.3 Å². The van der Waals surface area contributed by atoms with Gasteiger partial charge < -0.3 is 14.9 Å². The molecule has 0 aromatic rings. The first-order chi connectivity index (χ1) is 4.66. The van der Waals surface area contributed by atoms with E-state index in [1.54, 1.807) is 0 Å². The molecule has 0 aromatic heterocycles. The van der Waals surface area contributed by atoms with Crippen LogP contribution < -0.4 is 0 Å². The highest BCUT2D eigenvalue weighted by Crippen LogP contribution is 2.27. The van der Waals surface area contributed by atoms with Crippen LogP contribution in [0.4, 0.5) is 0 Å². The van der Waals surface area contributed by atoms with E-state index >= 15 is 0 Å². The van der Waals surface area contributed by atoms with E-state index in [2.05, 4.69) is 0 Å². The minimum atomic E-state index is -0.972. The summed E-state index contributed by atoms with van der Waals surface area (Å²) in [5.41, 5.74) is 0. The van der Waals surface area contributed by atoms with E-state index in [-0.39, 0.29) is 12.0 Å². The molecule has 4 atom stereocenters. The Morgan fingerprint density at radius 3 is 2.20 bits per heavy atom. The summed E-state index contributed by atoms with van der Waals surface area (Å²) < 4.78 is 4.98. The minimum Gasteiger partial charge on any atom is -0.387 e. The van der Waals surface area contributed by atoms with Crippen molar-refractivity contribution in [3.05, 3.63) is 0 Å². The normalized spacial score (nSPS) is 48.0. The maximum absolute atomic E-state index is 9.25. The fourth-order valence-corrected chi connectivity index (χ4v) is 1.46. The molecule has 0 spiro atoms. The first kappa shape index (κ1) is 7.98. The van der Waals surface area contributed by atoms with Gasteiger partial charge >= 0.3 is 0 Å². The van der Waals surface area contributed by atoms with Crippen LogP contribution in [0.1, 0.15) is 20.3 Å². The Morgan fingerprint density at radius 2 is 2.00 bits per heavy atom. The lowest BCUT2D eigenvalue weighted by molar-refractivity contribution is -0.123. The van der Waals surface area contributed by atoms with E-state index in [1.165, 1.54) is 0 Å². The van der Waals surface area contributed by atoms with Gasteiger partial charge in [-0.15, -0.1) is 0 Å². The Balaban J connectivity index is 2.55. The zero-order chi connectivity index (χ0) is 7.72. The van der Waals surface area contributed by atoms with Crippen molar-refractivity contribution in [3.8, 4) is 0 Å². The summed E-state index contributed by atoms with van der Waals surface area (Å²) in [6.07, 6.45) is -0.839. The van der Waals surface area contributed by atoms with Gasteiger partial charge in [0.2, 0.25) is 0 Å². The molecule has 0 aromatic carbocycles. The van der Waals surface area contributed by atoms with Crippen LogP contribution in [0, 0.1) is 5.92 Å². The summed E-state index contributed by atoms with van der Waals surface area (Å²) in [6.45, 7) is 3.85. The van der Waals surface area contributed by atoms with Crippen molar-refractivity contribution in [2.75, 3.05) is 0 Å². The second-order valence-corrected chi connectivity index (χ2v) is 2.79. The Morgan fingerprint density at radius 1 is 1.40 bits per heavy atom. The highest BCUT2D eigenvalue weighted by Gasteiger charge is 2.38. The highest BCUT2D eigenvalue weighted by molar-refractivity contribution is 4.82. The van der Waals surface area contributed by atoms with Crippen LogP contribution in [0.25, 0.3) is 0 Å². The third-order valence-corrected chi connectivity index (χ3v) is 2.16. The third kappa shape index (κ3) is 1.17. The van der Waals surface area contributed by atoms with Crippen molar-refractivity contribution >= 4 is 0 Å². The Hall–Kier alpha value is -0.120. The van der Waals surface area contributed by atoms with Crippen LogP contribution in [0.5, 0.6) is 0 Å². The van der Waals surface area contributed by atoms with Gasteiger partial charge in [-0.2, -0.15) is 0 Å². The molecule has 1 aliphatic rings. The molecule has 0 amide bonds. The zero-order valence-corrected chi connectivity index (χ0v) is 6.32. The lowest BCUT2D eigenvalue weighted by atomic mass is 9.97. The molecular weight excluding hydrogens is 132 g/mol. The molecule has 1 unspecified atom stereocenters. The number of hydrogen-bond donors (Lipinski definition) is 2. The minimum absolute atomic E-state index is 0.0185. The number of aliphatic hydroxyl groups is 2. The predicted octanol–water partition coefficient (Wildman–Crippen LogP) is 0.111. The van der Waals surface area contributed by atoms with Crippen molar-refractivity contribution in [3.63, 3.8) is 0 Å². The quantitative estimate of drug-likeness (QED) is 0.552. The van der Waals surface area contributed by atoms with Gasteiger partial charge in [-0.25, -0.2) is 0 Å². The summed E-state index contributed by atoms with van der Waals surface area (Å²) in [6, 6.07) is 0. The maximum atomic E-state index is 9.25. The first-order valence-corrected chi connectivity index (χ1v) is 3.68. The first-order valence-electron chi connectivity index (χ1n) is 3.68. The molecule has 1 rings (SSSR count). The molecule has 10 heavy (non-hydrogen) atoms. The molecule has 0 radical (unpaired) electrons. The zero-order valence-electron chi connectivity index (χ0n) is 6.32. The molecule has 1 heterocycles. The predicted molar refractivity (Wildman–Crippen MR) is 36.3 cm³/mol. The smallest absolute Gasteiger partial charge is 0.181 e. The molecule has 3 nitrogen and oxygen atoms in total. The van der Waals surface area contributed by atoms with Crippen LogP contribution in [0.15, 0.2) is 0 Å². The Bertz CT molecular complexity index is 115. The van der Waals surface area contributed by atoms with E-state index < -0.39 is 12.4 Å². The molecule has 2 N–H and O–H groups in total. The molecule has 0 saturated carbocycles. The fraction of sp³-hybridized carbons (Fsp3) is 1.00. The lowest BCUT2D eigenvalue weighted by Gasteiger charge is -2.13. The summed E-state index contributed by atoms with van der Waals surface area (Å²) in [5, 5.41) is 18.3. The second-order valence-electron chi connectivity index (χ2n) is 2.79. The number of rotatable bonds is 1. The van der Waals surface area contributed by atoms with Gasteiger partial charge in [0.1, 0.15) is 6.10 Å². The van der Waals surface area contributed by atoms with E-state index in [0.29, 0.717) is 0 Å². The molecule has 0 bridgehead atoms. The largest absolute Gasteiger partial charge is 0.387 e. The van der Waals surface area contributed by atoms with Crippen LogP contribution in [-0.2, 0) is 4.74 Å². The fourth-order valence-electron chi connectivity index (χ4n) is 1.46. The van der Waals surface area contributed by atoms with Crippen LogP contribution in [0.2, 0.25) is 0 Å². The van der Waals surface area contributed by atoms with Crippen LogP contribution in [0.3, 0.4) is 0 Å². The van der Waals surface area contributed by atoms with Crippen molar-refractivity contribution in [2.24, 2.45) is 5.92 Å². The van der Waals surface area contributed by atoms with Crippen molar-refractivity contribution in [2.45, 2.75) is 38.8 Å². The maximum Gasteiger partial charge on any atom is 0.181 e. The SMILES string of the molecule is CC[C@H]1[C@H](C)OC(O)[C@@H]1O. The van der Waals surface area contributed by atoms with Gasteiger partial charge in [-0.1, -0.05) is 6.92 Å². The van der Waals surface area contributed by atoms with Crippen molar-refractivity contribution in [1.29, 1.82) is 0 Å². The van der Waals surface area contributed by atoms with Gasteiger partial charge in [-0.3, -0.25) is 0 Å². The van der Waals surface area contributed by atoms with Crippen molar-refractivity contribution < 1.29 is 14.9 Å². The molecule has 60 valence electrons. The molecule has 1 saturated heterocycles. The summed E-state index contributed by atoms with van der Waals surface area (Å²) in [5.74, 6) is 0.0926. The molecular formula is C7H14O3. The topological polar surface area (TPSA) is 49.7 Å². The lowest BCUT2D eigenvalue weighted by Crippen LogP contribution is -2.26. The van der Waals surface area contributed by atoms with Gasteiger partial charge in [0.05, 0.1) is 6.10 Å². The molecule has 3 heteroatoms. The summed E-state index contributed by atoms with van der Waals surface area (Å²) in [7, 11) is 0. The molecule has 1 aliphatic heterocycles. The molecule has 0 aliphatic carbocycles. The van der Waals surface area contributed by atoms with Crippen LogP contribution >= 0.6 is 0 Å². The average molecular weight is 146 g/mol. The molecule has 1 fully saturated rings. The average Bonchev–Trinajstić information content (AvgIpc) is 2.09. The van der Waals surface area contributed by atoms with Crippen LogP contribution in [-0.4, -0.2) is 28.7 Å². The Labute approximate surface area is 60.6 Å². The number of hydrogen-bond acceptors (Lipinski definition) is 3. The Kier molecular flexibility index (Phi) is 2.28. The van der Waals surface area contributed by atoms with Gasteiger partial charge in [0.15, 0.2) is 6.29 Å².